The number of fused-ring (bicyclic) bond motifs is 5. The Morgan fingerprint density at radius 1 is 0.725 bits per heavy atom. The predicted molar refractivity (Wildman–Crippen MR) is 243 cm³/mol. The van der Waals surface area contributed by atoms with Crippen LogP contribution < -0.4 is 0 Å². The molecule has 4 saturated carbocycles. The summed E-state index contributed by atoms with van der Waals surface area (Å²) in [6.45, 7) is 18.2. The standard InChI is InChI=1S/C50H84O19/c1-22(2)12-11-15-50(10,69-44-40(62)37(59)34(56)28(20-51)66-44)25-13-17-48(8)32(25)26(53)18-30-47(7)16-14-31(54)46(5,6)42(47)27(19-49(30,48)9)65-45-41(38(60)35(57)29(67-45)21-63-24(4)52)68-43-39(61)36(58)33(55)23(3)64-43/h12,23,25-45,51,53-62H,11,13-21H2,1-10H3/t23?,25?,26?,27?,28?,29?,30?,31?,32?,33?,34?,35?,36?,37?,38?,39?,40?,41?,42?,43-,44?,45?,47+,48+,49+,50-/m0/s1. The minimum atomic E-state index is -1.77. The van der Waals surface area contributed by atoms with Crippen molar-refractivity contribution in [3.63, 3.8) is 0 Å². The lowest BCUT2D eigenvalue weighted by Gasteiger charge is -2.72. The van der Waals surface area contributed by atoms with Crippen LogP contribution in [0.4, 0.5) is 0 Å². The first-order valence-electron chi connectivity index (χ1n) is 25.2. The molecule has 7 aliphatic rings. The second kappa shape index (κ2) is 20.3. The second-order valence-corrected chi connectivity index (χ2v) is 23.7. The monoisotopic (exact) mass is 989 g/mol. The summed E-state index contributed by atoms with van der Waals surface area (Å²) in [7, 11) is 0. The van der Waals surface area contributed by atoms with E-state index in [0.717, 1.165) is 5.57 Å². The van der Waals surface area contributed by atoms with Gasteiger partial charge in [0.15, 0.2) is 18.9 Å². The third-order valence-electron chi connectivity index (χ3n) is 18.9. The first-order valence-corrected chi connectivity index (χ1v) is 25.2. The minimum absolute atomic E-state index is 0.108. The van der Waals surface area contributed by atoms with Crippen LogP contribution in [0.25, 0.3) is 0 Å². The number of hydrogen-bond acceptors (Lipinski definition) is 19. The Labute approximate surface area is 406 Å². The minimum Gasteiger partial charge on any atom is -0.463 e. The molecule has 7 rings (SSSR count). The fourth-order valence-corrected chi connectivity index (χ4v) is 15.1. The quantitative estimate of drug-likeness (QED) is 0.0682. The van der Waals surface area contributed by atoms with Gasteiger partial charge >= 0.3 is 5.97 Å². The normalized spacial score (nSPS) is 51.6. The summed E-state index contributed by atoms with van der Waals surface area (Å²) in [5.41, 5.74) is -2.55. The number of carbonyl (C=O) groups excluding carboxylic acids is 1. The van der Waals surface area contributed by atoms with E-state index in [1.165, 1.54) is 13.8 Å². The molecule has 3 heterocycles. The van der Waals surface area contributed by atoms with Crippen LogP contribution in [0, 0.1) is 45.3 Å². The van der Waals surface area contributed by atoms with E-state index >= 15 is 0 Å². The molecule has 19 nitrogen and oxygen atoms in total. The van der Waals surface area contributed by atoms with E-state index in [0.29, 0.717) is 51.4 Å². The maximum atomic E-state index is 12.8. The lowest BCUT2D eigenvalue weighted by molar-refractivity contribution is -0.382. The third kappa shape index (κ3) is 9.64. The van der Waals surface area contributed by atoms with Gasteiger partial charge in [0, 0.05) is 6.92 Å². The van der Waals surface area contributed by atoms with Crippen molar-refractivity contribution in [2.45, 2.75) is 237 Å². The summed E-state index contributed by atoms with van der Waals surface area (Å²) < 4.78 is 43.7. The maximum Gasteiger partial charge on any atom is 0.302 e. The van der Waals surface area contributed by atoms with Crippen molar-refractivity contribution in [2.75, 3.05) is 13.2 Å². The van der Waals surface area contributed by atoms with Crippen LogP contribution in [0.2, 0.25) is 0 Å². The van der Waals surface area contributed by atoms with Crippen molar-refractivity contribution in [1.29, 1.82) is 0 Å². The molecule has 69 heavy (non-hydrogen) atoms. The zero-order valence-electron chi connectivity index (χ0n) is 42.0. The molecule has 11 N–H and O–H groups in total. The van der Waals surface area contributed by atoms with E-state index in [1.54, 1.807) is 0 Å². The zero-order chi connectivity index (χ0) is 51.1. The number of aliphatic hydroxyl groups excluding tert-OH is 11. The van der Waals surface area contributed by atoms with Gasteiger partial charge in [-0.1, -0.05) is 46.3 Å². The number of aliphatic hydroxyl groups is 11. The summed E-state index contributed by atoms with van der Waals surface area (Å²) in [5.74, 6) is -1.86. The van der Waals surface area contributed by atoms with Gasteiger partial charge in [-0.25, -0.2) is 0 Å². The summed E-state index contributed by atoms with van der Waals surface area (Å²) >= 11 is 0. The number of esters is 1. The molecular weight excluding hydrogens is 905 g/mol. The number of rotatable bonds is 13. The Hall–Kier alpha value is -1.47. The zero-order valence-corrected chi connectivity index (χ0v) is 42.0. The molecule has 0 bridgehead atoms. The number of ether oxygens (including phenoxy) is 7. The fraction of sp³-hybridized carbons (Fsp3) is 0.940. The molecule has 3 saturated heterocycles. The largest absolute Gasteiger partial charge is 0.463 e. The molecule has 26 atom stereocenters. The van der Waals surface area contributed by atoms with Crippen LogP contribution in [0.15, 0.2) is 11.6 Å². The highest BCUT2D eigenvalue weighted by Crippen LogP contribution is 2.76. The second-order valence-electron chi connectivity index (χ2n) is 23.7. The number of hydrogen-bond donors (Lipinski definition) is 11. The topological polar surface area (TPSA) is 304 Å². The van der Waals surface area contributed by atoms with Gasteiger partial charge in [-0.2, -0.15) is 0 Å². The Balaban J connectivity index is 1.28. The lowest BCUT2D eigenvalue weighted by atomic mass is 9.34. The maximum absolute atomic E-state index is 12.8. The van der Waals surface area contributed by atoms with Gasteiger partial charge in [0.1, 0.15) is 73.8 Å². The molecule has 4 aliphatic carbocycles. The smallest absolute Gasteiger partial charge is 0.302 e. The predicted octanol–water partition coefficient (Wildman–Crippen LogP) is 0.542. The molecule has 3 aliphatic heterocycles. The van der Waals surface area contributed by atoms with Gasteiger partial charge in [-0.05, 0) is 124 Å². The first-order chi connectivity index (χ1) is 32.1. The SMILES string of the molecule is CC(=O)OCC1OC(OC2C[C@]3(C)C(CC(O)C4C([C@](C)(CCC=C(C)C)OC5OC(CO)C(O)C(O)C5O)CC[C@]43C)[C@@]3(C)CCC(O)C(C)(C)C23)C(O[C@@H]2OC(C)C(O)C(O)C2O)C(O)C1O. The van der Waals surface area contributed by atoms with Crippen molar-refractivity contribution in [2.24, 2.45) is 45.3 Å². The molecule has 398 valence electrons. The van der Waals surface area contributed by atoms with Gasteiger partial charge < -0.3 is 89.3 Å². The number of carbonyl (C=O) groups is 1. The molecule has 7 fully saturated rings. The van der Waals surface area contributed by atoms with E-state index in [2.05, 4.69) is 26.8 Å². The Kier molecular flexibility index (Phi) is 16.3. The van der Waals surface area contributed by atoms with Crippen LogP contribution in [-0.2, 0) is 38.0 Å². The van der Waals surface area contributed by atoms with Crippen molar-refractivity contribution in [3.05, 3.63) is 11.6 Å². The lowest BCUT2D eigenvalue weighted by Crippen LogP contribution is -2.71. The summed E-state index contributed by atoms with van der Waals surface area (Å²) in [6, 6.07) is 0. The van der Waals surface area contributed by atoms with Crippen LogP contribution in [-0.4, -0.2) is 191 Å². The van der Waals surface area contributed by atoms with Gasteiger partial charge in [0.05, 0.1) is 36.6 Å². The van der Waals surface area contributed by atoms with E-state index in [4.69, 9.17) is 33.2 Å². The van der Waals surface area contributed by atoms with E-state index in [-0.39, 0.29) is 17.8 Å². The van der Waals surface area contributed by atoms with Crippen molar-refractivity contribution in [1.82, 2.24) is 0 Å². The van der Waals surface area contributed by atoms with Crippen LogP contribution in [0.5, 0.6) is 0 Å². The molecule has 0 aromatic heterocycles. The van der Waals surface area contributed by atoms with E-state index in [1.807, 2.05) is 34.6 Å². The van der Waals surface area contributed by atoms with Crippen molar-refractivity contribution in [3.8, 4) is 0 Å². The van der Waals surface area contributed by atoms with Crippen LogP contribution in [0.1, 0.15) is 121 Å². The van der Waals surface area contributed by atoms with E-state index in [9.17, 15) is 61.0 Å². The Morgan fingerprint density at radius 3 is 1.99 bits per heavy atom. The molecular formula is C50H84O19. The fourth-order valence-electron chi connectivity index (χ4n) is 15.1. The average Bonchev–Trinajstić information content (AvgIpc) is 3.66. The van der Waals surface area contributed by atoms with Gasteiger partial charge in [0.2, 0.25) is 0 Å². The number of allylic oxidation sites excluding steroid dienone is 2. The molecule has 0 amide bonds. The molecule has 0 aromatic rings. The summed E-state index contributed by atoms with van der Waals surface area (Å²) in [5, 5.41) is 123. The Morgan fingerprint density at radius 2 is 1.35 bits per heavy atom. The molecule has 0 spiro atoms. The molecule has 19 heteroatoms. The van der Waals surface area contributed by atoms with Gasteiger partial charge in [0.25, 0.3) is 0 Å². The first kappa shape index (κ1) is 55.3. The Bertz CT molecular complexity index is 1810. The summed E-state index contributed by atoms with van der Waals surface area (Å²) in [6.07, 6.45) is -18.9. The third-order valence-corrected chi connectivity index (χ3v) is 18.9. The highest BCUT2D eigenvalue weighted by Gasteiger charge is 2.74. The average molecular weight is 989 g/mol. The highest BCUT2D eigenvalue weighted by molar-refractivity contribution is 5.65. The highest BCUT2D eigenvalue weighted by atomic mass is 16.8. The van der Waals surface area contributed by atoms with Gasteiger partial charge in [-0.3, -0.25) is 4.79 Å². The van der Waals surface area contributed by atoms with Gasteiger partial charge in [-0.15, -0.1) is 0 Å². The van der Waals surface area contributed by atoms with E-state index < -0.39 is 163 Å². The summed E-state index contributed by atoms with van der Waals surface area (Å²) in [4.78, 5) is 12.0. The van der Waals surface area contributed by atoms with Crippen LogP contribution in [0.3, 0.4) is 0 Å². The van der Waals surface area contributed by atoms with Crippen molar-refractivity contribution >= 4 is 5.97 Å². The van der Waals surface area contributed by atoms with Crippen LogP contribution >= 0.6 is 0 Å². The van der Waals surface area contributed by atoms with Crippen molar-refractivity contribution < 1.29 is 94.1 Å². The molecule has 21 unspecified atom stereocenters. The molecule has 0 radical (unpaired) electrons. The molecule has 0 aromatic carbocycles.